The molecule has 1 heterocycles. The number of ether oxygens (including phenoxy) is 2. The Morgan fingerprint density at radius 1 is 1.15 bits per heavy atom. The standard InChI is InChI=1S/C14H13NO5/c1-2-18-14(17)12-8-11(15-20-12)9-19-13(16)10-6-4-3-5-7-10/h3-8H,2,9H2,1H3. The lowest BCUT2D eigenvalue weighted by Gasteiger charge is -2.01. The van der Waals surface area contributed by atoms with Crippen molar-refractivity contribution in [1.29, 1.82) is 0 Å². The molecule has 0 aliphatic rings. The maximum absolute atomic E-state index is 11.7. The largest absolute Gasteiger partial charge is 0.460 e. The van der Waals surface area contributed by atoms with Crippen LogP contribution in [0.4, 0.5) is 0 Å². The highest BCUT2D eigenvalue weighted by Gasteiger charge is 2.15. The molecule has 0 saturated carbocycles. The van der Waals surface area contributed by atoms with Crippen LogP contribution in [0.5, 0.6) is 0 Å². The molecule has 0 spiro atoms. The van der Waals surface area contributed by atoms with E-state index in [0.29, 0.717) is 11.3 Å². The summed E-state index contributed by atoms with van der Waals surface area (Å²) in [4.78, 5) is 23.0. The van der Waals surface area contributed by atoms with Crippen molar-refractivity contribution in [2.24, 2.45) is 0 Å². The molecule has 104 valence electrons. The van der Waals surface area contributed by atoms with Crippen molar-refractivity contribution >= 4 is 11.9 Å². The van der Waals surface area contributed by atoms with E-state index in [9.17, 15) is 9.59 Å². The van der Waals surface area contributed by atoms with E-state index in [2.05, 4.69) is 5.16 Å². The Morgan fingerprint density at radius 3 is 2.60 bits per heavy atom. The molecule has 0 atom stereocenters. The molecule has 1 aromatic carbocycles. The van der Waals surface area contributed by atoms with E-state index in [0.717, 1.165) is 0 Å². The van der Waals surface area contributed by atoms with Crippen molar-refractivity contribution in [3.8, 4) is 0 Å². The molecule has 0 unspecified atom stereocenters. The van der Waals surface area contributed by atoms with Gasteiger partial charge in [0.2, 0.25) is 5.76 Å². The van der Waals surface area contributed by atoms with Gasteiger partial charge in [0, 0.05) is 6.07 Å². The summed E-state index contributed by atoms with van der Waals surface area (Å²) in [6.07, 6.45) is 0. The fraction of sp³-hybridized carbons (Fsp3) is 0.214. The van der Waals surface area contributed by atoms with Crippen LogP contribution in [0.15, 0.2) is 40.9 Å². The van der Waals surface area contributed by atoms with E-state index in [4.69, 9.17) is 14.0 Å². The molecular weight excluding hydrogens is 262 g/mol. The summed E-state index contributed by atoms with van der Waals surface area (Å²) >= 11 is 0. The number of nitrogens with zero attached hydrogens (tertiary/aromatic N) is 1. The van der Waals surface area contributed by atoms with Gasteiger partial charge in [-0.05, 0) is 19.1 Å². The van der Waals surface area contributed by atoms with Gasteiger partial charge < -0.3 is 14.0 Å². The van der Waals surface area contributed by atoms with E-state index < -0.39 is 11.9 Å². The highest BCUT2D eigenvalue weighted by molar-refractivity contribution is 5.89. The Hall–Kier alpha value is -2.63. The molecule has 0 saturated heterocycles. The molecular formula is C14H13NO5. The number of carbonyl (C=O) groups is 2. The molecule has 1 aromatic heterocycles. The summed E-state index contributed by atoms with van der Waals surface area (Å²) in [6, 6.07) is 9.97. The van der Waals surface area contributed by atoms with Crippen LogP contribution < -0.4 is 0 Å². The summed E-state index contributed by atoms with van der Waals surface area (Å²) in [6.45, 7) is 1.87. The summed E-state index contributed by atoms with van der Waals surface area (Å²) in [5.41, 5.74) is 0.791. The molecule has 0 amide bonds. The average Bonchev–Trinajstić information content (AvgIpc) is 2.95. The molecule has 6 nitrogen and oxygen atoms in total. The van der Waals surface area contributed by atoms with E-state index in [1.54, 1.807) is 37.3 Å². The number of hydrogen-bond donors (Lipinski definition) is 0. The van der Waals surface area contributed by atoms with Gasteiger partial charge >= 0.3 is 11.9 Å². The summed E-state index contributed by atoms with van der Waals surface area (Å²) in [5.74, 6) is -1.08. The molecule has 0 radical (unpaired) electrons. The topological polar surface area (TPSA) is 78.6 Å². The normalized spacial score (nSPS) is 10.1. The van der Waals surface area contributed by atoms with Crippen molar-refractivity contribution in [1.82, 2.24) is 5.16 Å². The van der Waals surface area contributed by atoms with Gasteiger partial charge in [-0.2, -0.15) is 0 Å². The lowest BCUT2D eigenvalue weighted by molar-refractivity contribution is 0.0453. The van der Waals surface area contributed by atoms with Crippen LogP contribution in [0.3, 0.4) is 0 Å². The first-order valence-electron chi connectivity index (χ1n) is 6.05. The van der Waals surface area contributed by atoms with Gasteiger partial charge in [0.25, 0.3) is 0 Å². The Labute approximate surface area is 115 Å². The zero-order valence-corrected chi connectivity index (χ0v) is 10.9. The number of esters is 2. The maximum Gasteiger partial charge on any atom is 0.377 e. The first-order chi connectivity index (χ1) is 9.70. The number of carbonyl (C=O) groups excluding carboxylic acids is 2. The average molecular weight is 275 g/mol. The van der Waals surface area contributed by atoms with Gasteiger partial charge in [0.1, 0.15) is 12.3 Å². The third-order valence-corrected chi connectivity index (χ3v) is 2.40. The second kappa shape index (κ2) is 6.51. The second-order valence-corrected chi connectivity index (χ2v) is 3.85. The van der Waals surface area contributed by atoms with Crippen molar-refractivity contribution in [2.75, 3.05) is 6.61 Å². The zero-order chi connectivity index (χ0) is 14.4. The van der Waals surface area contributed by atoms with Crippen LogP contribution in [0, 0.1) is 0 Å². The van der Waals surface area contributed by atoms with Crippen LogP contribution in [0.2, 0.25) is 0 Å². The van der Waals surface area contributed by atoms with Crippen molar-refractivity contribution in [3.05, 3.63) is 53.4 Å². The fourth-order valence-corrected chi connectivity index (χ4v) is 1.48. The van der Waals surface area contributed by atoms with Gasteiger partial charge in [0.15, 0.2) is 0 Å². The Kier molecular flexibility index (Phi) is 4.49. The third-order valence-electron chi connectivity index (χ3n) is 2.40. The third kappa shape index (κ3) is 3.44. The highest BCUT2D eigenvalue weighted by Crippen LogP contribution is 2.08. The van der Waals surface area contributed by atoms with E-state index in [1.807, 2.05) is 0 Å². The molecule has 0 bridgehead atoms. The lowest BCUT2D eigenvalue weighted by atomic mass is 10.2. The molecule has 0 aliphatic heterocycles. The lowest BCUT2D eigenvalue weighted by Crippen LogP contribution is -2.05. The Balaban J connectivity index is 1.92. The maximum atomic E-state index is 11.7. The zero-order valence-electron chi connectivity index (χ0n) is 10.9. The van der Waals surface area contributed by atoms with Crippen molar-refractivity contribution < 1.29 is 23.6 Å². The molecule has 2 rings (SSSR count). The summed E-state index contributed by atoms with van der Waals surface area (Å²) in [7, 11) is 0. The van der Waals surface area contributed by atoms with Crippen molar-refractivity contribution in [2.45, 2.75) is 13.5 Å². The summed E-state index contributed by atoms with van der Waals surface area (Å²) in [5, 5.41) is 3.63. The van der Waals surface area contributed by atoms with Crippen molar-refractivity contribution in [3.63, 3.8) is 0 Å². The van der Waals surface area contributed by atoms with Crippen LogP contribution in [-0.4, -0.2) is 23.7 Å². The van der Waals surface area contributed by atoms with Gasteiger partial charge in [-0.3, -0.25) is 0 Å². The van der Waals surface area contributed by atoms with E-state index in [-0.39, 0.29) is 19.0 Å². The molecule has 6 heteroatoms. The molecule has 0 aliphatic carbocycles. The first-order valence-corrected chi connectivity index (χ1v) is 6.05. The predicted molar refractivity (Wildman–Crippen MR) is 68.0 cm³/mol. The molecule has 0 N–H and O–H groups in total. The number of rotatable bonds is 5. The van der Waals surface area contributed by atoms with Gasteiger partial charge in [-0.15, -0.1) is 0 Å². The predicted octanol–water partition coefficient (Wildman–Crippen LogP) is 2.21. The minimum atomic E-state index is -0.597. The Bertz CT molecular complexity index is 591. The van der Waals surface area contributed by atoms with Crippen LogP contribution in [0.1, 0.15) is 33.5 Å². The number of benzene rings is 1. The van der Waals surface area contributed by atoms with E-state index >= 15 is 0 Å². The first kappa shape index (κ1) is 13.8. The number of aromatic nitrogens is 1. The molecule has 20 heavy (non-hydrogen) atoms. The smallest absolute Gasteiger partial charge is 0.377 e. The minimum absolute atomic E-state index is 0.0161. The summed E-state index contributed by atoms with van der Waals surface area (Å²) < 4.78 is 14.6. The van der Waals surface area contributed by atoms with Gasteiger partial charge in [0.05, 0.1) is 12.2 Å². The quantitative estimate of drug-likeness (QED) is 0.778. The van der Waals surface area contributed by atoms with E-state index in [1.165, 1.54) is 6.07 Å². The van der Waals surface area contributed by atoms with Crippen LogP contribution in [-0.2, 0) is 16.1 Å². The molecule has 0 fully saturated rings. The monoisotopic (exact) mass is 275 g/mol. The van der Waals surface area contributed by atoms with Gasteiger partial charge in [-0.25, -0.2) is 9.59 Å². The minimum Gasteiger partial charge on any atom is -0.460 e. The van der Waals surface area contributed by atoms with Gasteiger partial charge in [-0.1, -0.05) is 23.4 Å². The molecule has 2 aromatic rings. The SMILES string of the molecule is CCOC(=O)c1cc(COC(=O)c2ccccc2)no1. The second-order valence-electron chi connectivity index (χ2n) is 3.85. The fourth-order valence-electron chi connectivity index (χ4n) is 1.48. The highest BCUT2D eigenvalue weighted by atomic mass is 16.6. The van der Waals surface area contributed by atoms with Crippen LogP contribution >= 0.6 is 0 Å². The van der Waals surface area contributed by atoms with Crippen LogP contribution in [0.25, 0.3) is 0 Å². The number of hydrogen-bond acceptors (Lipinski definition) is 6. The Morgan fingerprint density at radius 2 is 1.90 bits per heavy atom.